The zero-order valence-electron chi connectivity index (χ0n) is 8.32. The predicted octanol–water partition coefficient (Wildman–Crippen LogP) is 1.30. The van der Waals surface area contributed by atoms with Gasteiger partial charge in [0.1, 0.15) is 0 Å². The first kappa shape index (κ1) is 9.95. The second kappa shape index (κ2) is 5.50. The minimum atomic E-state index is 0.776. The summed E-state index contributed by atoms with van der Waals surface area (Å²) in [6.07, 6.45) is 3.59. The van der Waals surface area contributed by atoms with Crippen LogP contribution in [0.2, 0.25) is 0 Å². The molecule has 1 heterocycles. The number of hydrogen-bond acceptors (Lipinski definition) is 4. The van der Waals surface area contributed by atoms with Gasteiger partial charge in [0.05, 0.1) is 0 Å². The van der Waals surface area contributed by atoms with Gasteiger partial charge in [-0.3, -0.25) is 0 Å². The Hall–Kier alpha value is -1.13. The molecule has 0 unspecified atom stereocenters. The van der Waals surface area contributed by atoms with Crippen molar-refractivity contribution in [1.82, 2.24) is 20.2 Å². The Bertz CT molecular complexity index is 232. The van der Waals surface area contributed by atoms with E-state index in [1.165, 1.54) is 12.8 Å². The van der Waals surface area contributed by atoms with Crippen molar-refractivity contribution in [2.75, 3.05) is 11.9 Å². The average Bonchev–Trinajstić information content (AvgIpc) is 2.54. The highest BCUT2D eigenvalue weighted by Gasteiger charge is 2.02. The van der Waals surface area contributed by atoms with Gasteiger partial charge < -0.3 is 5.32 Å². The fourth-order valence-corrected chi connectivity index (χ4v) is 1.15. The standard InChI is InChI=1S/C8H17N5/c1-3-5-6-7-13-8(9-4-2)10-11-12-13/h3-7H2,1-2H3,(H,9,10,12). The second-order valence-corrected chi connectivity index (χ2v) is 2.96. The number of aromatic nitrogens is 4. The van der Waals surface area contributed by atoms with Crippen molar-refractivity contribution in [3.05, 3.63) is 0 Å². The molecule has 0 radical (unpaired) electrons. The van der Waals surface area contributed by atoms with Crippen molar-refractivity contribution in [2.45, 2.75) is 39.7 Å². The van der Waals surface area contributed by atoms with Crippen molar-refractivity contribution < 1.29 is 0 Å². The fourth-order valence-electron chi connectivity index (χ4n) is 1.15. The van der Waals surface area contributed by atoms with E-state index in [0.29, 0.717) is 0 Å². The topological polar surface area (TPSA) is 55.6 Å². The van der Waals surface area contributed by atoms with E-state index in [1.54, 1.807) is 0 Å². The van der Waals surface area contributed by atoms with Gasteiger partial charge in [-0.1, -0.05) is 24.9 Å². The molecule has 1 aromatic heterocycles. The Morgan fingerprint density at radius 3 is 2.85 bits per heavy atom. The van der Waals surface area contributed by atoms with Gasteiger partial charge in [-0.25, -0.2) is 4.68 Å². The molecule has 1 N–H and O–H groups in total. The molecule has 0 atom stereocenters. The molecule has 0 aromatic carbocycles. The van der Waals surface area contributed by atoms with Crippen LogP contribution in [-0.4, -0.2) is 26.8 Å². The van der Waals surface area contributed by atoms with E-state index in [9.17, 15) is 0 Å². The molecule has 0 aliphatic rings. The van der Waals surface area contributed by atoms with E-state index in [4.69, 9.17) is 0 Å². The van der Waals surface area contributed by atoms with Gasteiger partial charge in [0.2, 0.25) is 5.95 Å². The molecule has 1 rings (SSSR count). The van der Waals surface area contributed by atoms with Crippen LogP contribution in [0.1, 0.15) is 33.1 Å². The smallest absolute Gasteiger partial charge is 0.242 e. The minimum Gasteiger partial charge on any atom is -0.353 e. The molecule has 0 amide bonds. The van der Waals surface area contributed by atoms with E-state index in [2.05, 4.69) is 27.8 Å². The van der Waals surface area contributed by atoms with Crippen LogP contribution < -0.4 is 5.32 Å². The van der Waals surface area contributed by atoms with Crippen molar-refractivity contribution in [1.29, 1.82) is 0 Å². The molecule has 0 saturated heterocycles. The number of anilines is 1. The van der Waals surface area contributed by atoms with E-state index in [1.807, 2.05) is 11.6 Å². The lowest BCUT2D eigenvalue weighted by molar-refractivity contribution is 0.541. The lowest BCUT2D eigenvalue weighted by Crippen LogP contribution is -2.08. The highest BCUT2D eigenvalue weighted by atomic mass is 15.6. The van der Waals surface area contributed by atoms with Crippen LogP contribution in [0.4, 0.5) is 5.95 Å². The van der Waals surface area contributed by atoms with Gasteiger partial charge in [0.25, 0.3) is 0 Å². The summed E-state index contributed by atoms with van der Waals surface area (Å²) in [5.74, 6) is 0.776. The molecule has 74 valence electrons. The summed E-state index contributed by atoms with van der Waals surface area (Å²) in [7, 11) is 0. The van der Waals surface area contributed by atoms with Crippen LogP contribution in [0.5, 0.6) is 0 Å². The summed E-state index contributed by atoms with van der Waals surface area (Å²) in [6, 6.07) is 0. The van der Waals surface area contributed by atoms with E-state index in [0.717, 1.165) is 25.5 Å². The van der Waals surface area contributed by atoms with Crippen LogP contribution in [0.15, 0.2) is 0 Å². The highest BCUT2D eigenvalue weighted by molar-refractivity contribution is 5.20. The monoisotopic (exact) mass is 183 g/mol. The highest BCUT2D eigenvalue weighted by Crippen LogP contribution is 2.02. The first-order chi connectivity index (χ1) is 6.38. The van der Waals surface area contributed by atoms with Gasteiger partial charge in [-0.15, -0.1) is 0 Å². The predicted molar refractivity (Wildman–Crippen MR) is 51.5 cm³/mol. The van der Waals surface area contributed by atoms with E-state index in [-0.39, 0.29) is 0 Å². The maximum Gasteiger partial charge on any atom is 0.242 e. The lowest BCUT2D eigenvalue weighted by Gasteiger charge is -2.03. The van der Waals surface area contributed by atoms with Crippen LogP contribution >= 0.6 is 0 Å². The third-order valence-corrected chi connectivity index (χ3v) is 1.84. The fraction of sp³-hybridized carbons (Fsp3) is 0.875. The van der Waals surface area contributed by atoms with Crippen molar-refractivity contribution in [3.8, 4) is 0 Å². The SMILES string of the molecule is CCCCCn1nnnc1NCC. The number of hydrogen-bond donors (Lipinski definition) is 1. The Kier molecular flexibility index (Phi) is 4.21. The molecule has 0 aliphatic carbocycles. The maximum atomic E-state index is 3.90. The van der Waals surface area contributed by atoms with Crippen LogP contribution in [0.3, 0.4) is 0 Å². The normalized spacial score (nSPS) is 10.3. The summed E-state index contributed by atoms with van der Waals surface area (Å²) >= 11 is 0. The van der Waals surface area contributed by atoms with Crippen LogP contribution in [0.25, 0.3) is 0 Å². The molecule has 0 bridgehead atoms. The van der Waals surface area contributed by atoms with Crippen molar-refractivity contribution in [2.24, 2.45) is 0 Å². The summed E-state index contributed by atoms with van der Waals surface area (Å²) in [5, 5.41) is 14.5. The molecule has 0 aliphatic heterocycles. The number of rotatable bonds is 6. The first-order valence-electron chi connectivity index (χ1n) is 4.88. The minimum absolute atomic E-state index is 0.776. The Labute approximate surface area is 78.5 Å². The molecule has 5 heteroatoms. The number of nitrogens with one attached hydrogen (secondary N) is 1. The Morgan fingerprint density at radius 2 is 2.15 bits per heavy atom. The van der Waals surface area contributed by atoms with Crippen LogP contribution in [0, 0.1) is 0 Å². The maximum absolute atomic E-state index is 3.90. The molecule has 0 fully saturated rings. The second-order valence-electron chi connectivity index (χ2n) is 2.96. The number of tetrazole rings is 1. The lowest BCUT2D eigenvalue weighted by atomic mass is 10.2. The summed E-state index contributed by atoms with van der Waals surface area (Å²) in [5.41, 5.74) is 0. The quantitative estimate of drug-likeness (QED) is 0.675. The van der Waals surface area contributed by atoms with E-state index >= 15 is 0 Å². The molecule has 5 nitrogen and oxygen atoms in total. The molecular formula is C8H17N5. The number of unbranched alkanes of at least 4 members (excludes halogenated alkanes) is 2. The summed E-state index contributed by atoms with van der Waals surface area (Å²) < 4.78 is 1.82. The third kappa shape index (κ3) is 3.01. The van der Waals surface area contributed by atoms with Crippen molar-refractivity contribution in [3.63, 3.8) is 0 Å². The molecule has 0 saturated carbocycles. The summed E-state index contributed by atoms with van der Waals surface area (Å²) in [6.45, 7) is 5.98. The van der Waals surface area contributed by atoms with Gasteiger partial charge in [0, 0.05) is 13.1 Å². The number of aryl methyl sites for hydroxylation is 1. The van der Waals surface area contributed by atoms with Gasteiger partial charge in [0.15, 0.2) is 0 Å². The zero-order chi connectivity index (χ0) is 9.52. The largest absolute Gasteiger partial charge is 0.353 e. The molecule has 0 spiro atoms. The third-order valence-electron chi connectivity index (χ3n) is 1.84. The zero-order valence-corrected chi connectivity index (χ0v) is 8.32. The summed E-state index contributed by atoms with van der Waals surface area (Å²) in [4.78, 5) is 0. The van der Waals surface area contributed by atoms with E-state index < -0.39 is 0 Å². The van der Waals surface area contributed by atoms with Gasteiger partial charge >= 0.3 is 0 Å². The molecular weight excluding hydrogens is 166 g/mol. The average molecular weight is 183 g/mol. The van der Waals surface area contributed by atoms with Gasteiger partial charge in [-0.2, -0.15) is 0 Å². The Balaban J connectivity index is 2.40. The van der Waals surface area contributed by atoms with Crippen molar-refractivity contribution >= 4 is 5.95 Å². The number of nitrogens with zero attached hydrogens (tertiary/aromatic N) is 4. The van der Waals surface area contributed by atoms with Crippen LogP contribution in [-0.2, 0) is 6.54 Å². The first-order valence-corrected chi connectivity index (χ1v) is 4.88. The Morgan fingerprint density at radius 1 is 1.31 bits per heavy atom. The molecule has 1 aromatic rings. The van der Waals surface area contributed by atoms with Gasteiger partial charge in [-0.05, 0) is 23.8 Å². The molecule has 13 heavy (non-hydrogen) atoms.